The lowest BCUT2D eigenvalue weighted by Crippen LogP contribution is -2.47. The Balaban J connectivity index is 1.56. The van der Waals surface area contributed by atoms with Gasteiger partial charge >= 0.3 is 0 Å². The molecular formula is C18H24N2O5S. The second kappa shape index (κ2) is 6.74. The molecule has 26 heavy (non-hydrogen) atoms. The van der Waals surface area contributed by atoms with E-state index < -0.39 is 16.1 Å². The summed E-state index contributed by atoms with van der Waals surface area (Å²) in [6.07, 6.45) is 3.57. The van der Waals surface area contributed by atoms with Crippen LogP contribution in [0.2, 0.25) is 0 Å². The molecule has 2 heterocycles. The third-order valence-corrected chi connectivity index (χ3v) is 7.12. The van der Waals surface area contributed by atoms with Crippen LogP contribution in [0.25, 0.3) is 0 Å². The van der Waals surface area contributed by atoms with Crippen LogP contribution in [0.1, 0.15) is 25.7 Å². The molecule has 2 fully saturated rings. The van der Waals surface area contributed by atoms with E-state index in [-0.39, 0.29) is 10.8 Å². The van der Waals surface area contributed by atoms with Gasteiger partial charge in [0, 0.05) is 26.2 Å². The minimum atomic E-state index is -3.76. The molecule has 0 aromatic heterocycles. The van der Waals surface area contributed by atoms with E-state index in [1.807, 2.05) is 0 Å². The fourth-order valence-electron chi connectivity index (χ4n) is 3.63. The van der Waals surface area contributed by atoms with Gasteiger partial charge in [0.1, 0.15) is 19.3 Å². The number of nitrogens with zero attached hydrogens (tertiary/aromatic N) is 2. The van der Waals surface area contributed by atoms with Crippen LogP contribution in [0.15, 0.2) is 23.1 Å². The number of benzene rings is 1. The molecule has 0 spiro atoms. The van der Waals surface area contributed by atoms with Gasteiger partial charge < -0.3 is 14.4 Å². The van der Waals surface area contributed by atoms with Crippen LogP contribution in [0.5, 0.6) is 11.5 Å². The number of carbonyl (C=O) groups excluding carboxylic acids is 1. The lowest BCUT2D eigenvalue weighted by molar-refractivity contribution is -0.133. The number of sulfonamides is 1. The third-order valence-electron chi connectivity index (χ3n) is 5.21. The number of rotatable bonds is 5. The lowest BCUT2D eigenvalue weighted by Gasteiger charge is -2.28. The Labute approximate surface area is 153 Å². The summed E-state index contributed by atoms with van der Waals surface area (Å²) in [5.74, 6) is 1.46. The third kappa shape index (κ3) is 3.27. The first kappa shape index (κ1) is 17.6. The quantitative estimate of drug-likeness (QED) is 0.773. The van der Waals surface area contributed by atoms with Gasteiger partial charge in [-0.2, -0.15) is 4.31 Å². The van der Waals surface area contributed by atoms with Gasteiger partial charge in [0.2, 0.25) is 15.9 Å². The SMILES string of the molecule is CN(CC1CC1)C(=O)[C@H]1CCCN1S(=O)(=O)c1ccc2c(c1)OCCO2. The van der Waals surface area contributed by atoms with Crippen molar-refractivity contribution in [2.45, 2.75) is 36.6 Å². The molecule has 1 aliphatic carbocycles. The Bertz CT molecular complexity index is 806. The molecule has 1 saturated heterocycles. The number of hydrogen-bond donors (Lipinski definition) is 0. The van der Waals surface area contributed by atoms with Crippen LogP contribution in [0.3, 0.4) is 0 Å². The van der Waals surface area contributed by atoms with E-state index in [2.05, 4.69) is 0 Å². The van der Waals surface area contributed by atoms with E-state index in [0.717, 1.165) is 12.8 Å². The average molecular weight is 380 g/mol. The van der Waals surface area contributed by atoms with E-state index in [0.29, 0.717) is 56.6 Å². The zero-order chi connectivity index (χ0) is 18.3. The van der Waals surface area contributed by atoms with E-state index in [1.165, 1.54) is 16.4 Å². The zero-order valence-corrected chi connectivity index (χ0v) is 15.7. The summed E-state index contributed by atoms with van der Waals surface area (Å²) in [5, 5.41) is 0. The summed E-state index contributed by atoms with van der Waals surface area (Å²) >= 11 is 0. The van der Waals surface area contributed by atoms with Crippen LogP contribution in [-0.2, 0) is 14.8 Å². The minimum Gasteiger partial charge on any atom is -0.486 e. The van der Waals surface area contributed by atoms with Crippen LogP contribution in [-0.4, -0.2) is 62.9 Å². The predicted molar refractivity (Wildman–Crippen MR) is 94.7 cm³/mol. The first-order valence-electron chi connectivity index (χ1n) is 9.13. The number of fused-ring (bicyclic) bond motifs is 1. The highest BCUT2D eigenvalue weighted by Gasteiger charge is 2.41. The zero-order valence-electron chi connectivity index (χ0n) is 14.9. The van der Waals surface area contributed by atoms with Gasteiger partial charge in [-0.3, -0.25) is 4.79 Å². The van der Waals surface area contributed by atoms with E-state index in [1.54, 1.807) is 18.0 Å². The highest BCUT2D eigenvalue weighted by Crippen LogP contribution is 2.35. The normalized spacial score (nSPS) is 23.0. The summed E-state index contributed by atoms with van der Waals surface area (Å²) in [6, 6.07) is 4.03. The molecule has 0 N–H and O–H groups in total. The van der Waals surface area contributed by atoms with Crippen LogP contribution >= 0.6 is 0 Å². The molecule has 0 radical (unpaired) electrons. The maximum absolute atomic E-state index is 13.2. The monoisotopic (exact) mass is 380 g/mol. The molecule has 4 rings (SSSR count). The fraction of sp³-hybridized carbons (Fsp3) is 0.611. The topological polar surface area (TPSA) is 76.2 Å². The molecule has 1 aromatic rings. The summed E-state index contributed by atoms with van der Waals surface area (Å²) < 4.78 is 38.6. The Morgan fingerprint density at radius 1 is 1.19 bits per heavy atom. The van der Waals surface area contributed by atoms with Crippen molar-refractivity contribution in [1.82, 2.24) is 9.21 Å². The summed E-state index contributed by atoms with van der Waals surface area (Å²) in [7, 11) is -1.99. The maximum Gasteiger partial charge on any atom is 0.243 e. The molecule has 0 unspecified atom stereocenters. The van der Waals surface area contributed by atoms with E-state index in [9.17, 15) is 13.2 Å². The fourth-order valence-corrected chi connectivity index (χ4v) is 5.29. The van der Waals surface area contributed by atoms with Crippen molar-refractivity contribution in [2.24, 2.45) is 5.92 Å². The molecule has 1 saturated carbocycles. The molecular weight excluding hydrogens is 356 g/mol. The van der Waals surface area contributed by atoms with Gasteiger partial charge in [0.05, 0.1) is 4.90 Å². The number of ether oxygens (including phenoxy) is 2. The average Bonchev–Trinajstić information content (AvgIpc) is 3.31. The molecule has 1 atom stereocenters. The summed E-state index contributed by atoms with van der Waals surface area (Å²) in [4.78, 5) is 14.6. The van der Waals surface area contributed by atoms with Gasteiger partial charge in [-0.1, -0.05) is 0 Å². The van der Waals surface area contributed by atoms with Crippen molar-refractivity contribution in [3.8, 4) is 11.5 Å². The lowest BCUT2D eigenvalue weighted by atomic mass is 10.2. The minimum absolute atomic E-state index is 0.101. The Morgan fingerprint density at radius 3 is 2.65 bits per heavy atom. The van der Waals surface area contributed by atoms with Crippen LogP contribution in [0, 0.1) is 5.92 Å². The maximum atomic E-state index is 13.2. The summed E-state index contributed by atoms with van der Waals surface area (Å²) in [5.41, 5.74) is 0. The molecule has 142 valence electrons. The predicted octanol–water partition coefficient (Wildman–Crippen LogP) is 1.48. The van der Waals surface area contributed by atoms with Gasteiger partial charge in [-0.05, 0) is 43.7 Å². The largest absolute Gasteiger partial charge is 0.486 e. The van der Waals surface area contributed by atoms with Crippen molar-refractivity contribution in [2.75, 3.05) is 33.4 Å². The van der Waals surface area contributed by atoms with Crippen LogP contribution < -0.4 is 9.47 Å². The molecule has 7 nitrogen and oxygen atoms in total. The number of carbonyl (C=O) groups is 1. The van der Waals surface area contributed by atoms with Crippen molar-refractivity contribution >= 4 is 15.9 Å². The Hall–Kier alpha value is -1.80. The van der Waals surface area contributed by atoms with Crippen molar-refractivity contribution < 1.29 is 22.7 Å². The second-order valence-corrected chi connectivity index (χ2v) is 9.13. The van der Waals surface area contributed by atoms with E-state index >= 15 is 0 Å². The standard InChI is InChI=1S/C18H24N2O5S/c1-19(12-13-4-5-13)18(21)15-3-2-8-20(15)26(22,23)14-6-7-16-17(11-14)25-10-9-24-16/h6-7,11,13,15H,2-5,8-10,12H2,1H3/t15-/m1/s1. The smallest absolute Gasteiger partial charge is 0.243 e. The molecule has 3 aliphatic rings. The molecule has 8 heteroatoms. The first-order valence-corrected chi connectivity index (χ1v) is 10.6. The van der Waals surface area contributed by atoms with E-state index in [4.69, 9.17) is 9.47 Å². The molecule has 0 bridgehead atoms. The van der Waals surface area contributed by atoms with Gasteiger partial charge in [-0.15, -0.1) is 0 Å². The molecule has 1 aromatic carbocycles. The highest BCUT2D eigenvalue weighted by atomic mass is 32.2. The van der Waals surface area contributed by atoms with Crippen LogP contribution in [0.4, 0.5) is 0 Å². The van der Waals surface area contributed by atoms with Crippen molar-refractivity contribution in [1.29, 1.82) is 0 Å². The van der Waals surface area contributed by atoms with Gasteiger partial charge in [0.15, 0.2) is 11.5 Å². The molecule has 1 amide bonds. The van der Waals surface area contributed by atoms with Gasteiger partial charge in [0.25, 0.3) is 0 Å². The van der Waals surface area contributed by atoms with Gasteiger partial charge in [-0.25, -0.2) is 8.42 Å². The summed E-state index contributed by atoms with van der Waals surface area (Å²) in [6.45, 7) is 1.93. The number of likely N-dealkylation sites (N-methyl/N-ethyl adjacent to an activating group) is 1. The van der Waals surface area contributed by atoms with Crippen molar-refractivity contribution in [3.63, 3.8) is 0 Å². The first-order chi connectivity index (χ1) is 12.5. The Kier molecular flexibility index (Phi) is 4.56. The number of amides is 1. The molecule has 2 aliphatic heterocycles. The highest BCUT2D eigenvalue weighted by molar-refractivity contribution is 7.89. The Morgan fingerprint density at radius 2 is 1.92 bits per heavy atom. The number of hydrogen-bond acceptors (Lipinski definition) is 5. The van der Waals surface area contributed by atoms with Crippen molar-refractivity contribution in [3.05, 3.63) is 18.2 Å². The second-order valence-electron chi connectivity index (χ2n) is 7.24.